The normalized spacial score (nSPS) is 13.1. The van der Waals surface area contributed by atoms with Crippen molar-refractivity contribution in [3.05, 3.63) is 48.0 Å². The van der Waals surface area contributed by atoms with E-state index in [0.717, 1.165) is 12.8 Å². The van der Waals surface area contributed by atoms with E-state index >= 15 is 0 Å². The summed E-state index contributed by atoms with van der Waals surface area (Å²) in [7, 11) is 1.64. The molecule has 0 aliphatic carbocycles. The summed E-state index contributed by atoms with van der Waals surface area (Å²) in [5.74, 6) is 0. The highest BCUT2D eigenvalue weighted by atomic mass is 16.7. The van der Waals surface area contributed by atoms with Crippen LogP contribution >= 0.6 is 0 Å². The molecule has 0 saturated heterocycles. The van der Waals surface area contributed by atoms with Gasteiger partial charge in [-0.3, -0.25) is 0 Å². The van der Waals surface area contributed by atoms with Gasteiger partial charge in [-0.15, -0.1) is 0 Å². The summed E-state index contributed by atoms with van der Waals surface area (Å²) in [6, 6.07) is 10.5. The van der Waals surface area contributed by atoms with Crippen molar-refractivity contribution in [3.8, 4) is 0 Å². The number of rotatable bonds is 7. The third-order valence-electron chi connectivity index (χ3n) is 2.37. The van der Waals surface area contributed by atoms with Crippen LogP contribution in [0.15, 0.2) is 42.5 Å². The van der Waals surface area contributed by atoms with Crippen molar-refractivity contribution in [3.63, 3.8) is 0 Å². The Hall–Kier alpha value is -1.12. The van der Waals surface area contributed by atoms with Crippen molar-refractivity contribution in [2.45, 2.75) is 25.9 Å². The van der Waals surface area contributed by atoms with Crippen molar-refractivity contribution in [1.82, 2.24) is 0 Å². The number of aryl methyl sites for hydroxylation is 1. The van der Waals surface area contributed by atoms with Gasteiger partial charge in [-0.05, 0) is 25.3 Å². The quantitative estimate of drug-likeness (QED) is 0.519. The van der Waals surface area contributed by atoms with Crippen molar-refractivity contribution in [1.29, 1.82) is 0 Å². The molecule has 0 spiro atoms. The first-order chi connectivity index (χ1) is 7.86. The van der Waals surface area contributed by atoms with Crippen molar-refractivity contribution < 1.29 is 9.47 Å². The fourth-order valence-corrected chi connectivity index (χ4v) is 1.56. The van der Waals surface area contributed by atoms with Gasteiger partial charge in [0, 0.05) is 7.11 Å². The molecule has 1 atom stereocenters. The zero-order valence-electron chi connectivity index (χ0n) is 10.1. The second kappa shape index (κ2) is 8.08. The topological polar surface area (TPSA) is 18.5 Å². The lowest BCUT2D eigenvalue weighted by Crippen LogP contribution is -2.12. The van der Waals surface area contributed by atoms with E-state index in [2.05, 4.69) is 30.3 Å². The van der Waals surface area contributed by atoms with E-state index in [1.54, 1.807) is 7.11 Å². The highest BCUT2D eigenvalue weighted by Gasteiger charge is 2.04. The monoisotopic (exact) mass is 220 g/mol. The number of methoxy groups -OCH3 is 1. The molecule has 16 heavy (non-hydrogen) atoms. The Kier molecular flexibility index (Phi) is 6.54. The molecule has 1 aromatic rings. The Labute approximate surface area is 97.9 Å². The van der Waals surface area contributed by atoms with Gasteiger partial charge in [0.2, 0.25) is 0 Å². The van der Waals surface area contributed by atoms with Gasteiger partial charge < -0.3 is 9.47 Å². The molecule has 1 aromatic carbocycles. The molecule has 0 saturated carbocycles. The van der Waals surface area contributed by atoms with Crippen LogP contribution in [0, 0.1) is 0 Å². The molecule has 1 unspecified atom stereocenters. The lowest BCUT2D eigenvalue weighted by Gasteiger charge is -2.13. The van der Waals surface area contributed by atoms with E-state index in [4.69, 9.17) is 9.47 Å². The van der Waals surface area contributed by atoms with E-state index in [0.29, 0.717) is 6.79 Å². The molecular formula is C14H20O2. The van der Waals surface area contributed by atoms with Crippen molar-refractivity contribution in [2.75, 3.05) is 13.9 Å². The van der Waals surface area contributed by atoms with Crippen molar-refractivity contribution in [2.24, 2.45) is 0 Å². The maximum absolute atomic E-state index is 5.54. The molecule has 0 aliphatic heterocycles. The average molecular weight is 220 g/mol. The Balaban J connectivity index is 2.37. The number of ether oxygens (including phenoxy) is 2. The maximum Gasteiger partial charge on any atom is 0.147 e. The van der Waals surface area contributed by atoms with Crippen LogP contribution in [0.4, 0.5) is 0 Å². The second-order valence-corrected chi connectivity index (χ2v) is 3.66. The van der Waals surface area contributed by atoms with Gasteiger partial charge in [0.1, 0.15) is 6.79 Å². The van der Waals surface area contributed by atoms with Gasteiger partial charge in [0.05, 0.1) is 6.10 Å². The minimum absolute atomic E-state index is 0.144. The third-order valence-corrected chi connectivity index (χ3v) is 2.37. The lowest BCUT2D eigenvalue weighted by atomic mass is 10.1. The molecule has 0 heterocycles. The van der Waals surface area contributed by atoms with Crippen LogP contribution in [0.5, 0.6) is 0 Å². The second-order valence-electron chi connectivity index (χ2n) is 3.66. The van der Waals surface area contributed by atoms with Gasteiger partial charge in [-0.25, -0.2) is 0 Å². The summed E-state index contributed by atoms with van der Waals surface area (Å²) in [5.41, 5.74) is 1.35. The molecule has 0 aliphatic rings. The maximum atomic E-state index is 5.54. The minimum atomic E-state index is 0.144. The molecule has 0 bridgehead atoms. The molecule has 88 valence electrons. The molecule has 0 amide bonds. The van der Waals surface area contributed by atoms with Crippen LogP contribution in [0.3, 0.4) is 0 Å². The van der Waals surface area contributed by atoms with Crippen LogP contribution in [-0.4, -0.2) is 20.0 Å². The number of hydrogen-bond acceptors (Lipinski definition) is 2. The first-order valence-corrected chi connectivity index (χ1v) is 5.64. The zero-order chi connectivity index (χ0) is 11.6. The molecule has 1 rings (SSSR count). The van der Waals surface area contributed by atoms with Gasteiger partial charge in [0.25, 0.3) is 0 Å². The van der Waals surface area contributed by atoms with Gasteiger partial charge in [0.15, 0.2) is 0 Å². The van der Waals surface area contributed by atoms with Crippen LogP contribution in [0.2, 0.25) is 0 Å². The summed E-state index contributed by atoms with van der Waals surface area (Å²) < 4.78 is 10.5. The Bertz CT molecular complexity index is 293. The van der Waals surface area contributed by atoms with E-state index in [-0.39, 0.29) is 6.10 Å². The van der Waals surface area contributed by atoms with E-state index in [1.807, 2.05) is 19.1 Å². The van der Waals surface area contributed by atoms with Gasteiger partial charge in [-0.2, -0.15) is 0 Å². The summed E-state index contributed by atoms with van der Waals surface area (Å²) in [6.07, 6.45) is 6.25. The molecular weight excluding hydrogens is 200 g/mol. The summed E-state index contributed by atoms with van der Waals surface area (Å²) in [5, 5.41) is 0. The standard InChI is InChI=1S/C14H20O2/c1-3-7-14(16-12-15-2)11-10-13-8-5-4-6-9-13/h3-9,14H,10-12H2,1-2H3/b7-3+. The Morgan fingerprint density at radius 1 is 1.25 bits per heavy atom. The highest BCUT2D eigenvalue weighted by Crippen LogP contribution is 2.08. The molecule has 2 heteroatoms. The molecule has 0 N–H and O–H groups in total. The molecule has 0 aromatic heterocycles. The molecule has 0 fully saturated rings. The first kappa shape index (κ1) is 12.9. The number of benzene rings is 1. The predicted molar refractivity (Wildman–Crippen MR) is 66.3 cm³/mol. The number of allylic oxidation sites excluding steroid dienone is 1. The van der Waals surface area contributed by atoms with Crippen LogP contribution in [0.1, 0.15) is 18.9 Å². The summed E-state index contributed by atoms with van der Waals surface area (Å²) in [4.78, 5) is 0. The van der Waals surface area contributed by atoms with Crippen molar-refractivity contribution >= 4 is 0 Å². The fourth-order valence-electron chi connectivity index (χ4n) is 1.56. The predicted octanol–water partition coefficient (Wildman–Crippen LogP) is 3.18. The Morgan fingerprint density at radius 3 is 2.62 bits per heavy atom. The van der Waals surface area contributed by atoms with Gasteiger partial charge in [-0.1, -0.05) is 42.5 Å². The highest BCUT2D eigenvalue weighted by molar-refractivity contribution is 5.15. The van der Waals surface area contributed by atoms with Gasteiger partial charge >= 0.3 is 0 Å². The van der Waals surface area contributed by atoms with Crippen LogP contribution in [-0.2, 0) is 15.9 Å². The lowest BCUT2D eigenvalue weighted by molar-refractivity contribution is -0.0573. The zero-order valence-corrected chi connectivity index (χ0v) is 10.1. The molecule has 2 nitrogen and oxygen atoms in total. The van der Waals surface area contributed by atoms with Crippen LogP contribution in [0.25, 0.3) is 0 Å². The largest absolute Gasteiger partial charge is 0.359 e. The average Bonchev–Trinajstić information content (AvgIpc) is 2.34. The SMILES string of the molecule is C/C=C/C(CCc1ccccc1)OCOC. The summed E-state index contributed by atoms with van der Waals surface area (Å²) in [6.45, 7) is 2.36. The van der Waals surface area contributed by atoms with E-state index in [9.17, 15) is 0 Å². The third kappa shape index (κ3) is 5.10. The smallest absolute Gasteiger partial charge is 0.147 e. The molecule has 0 radical (unpaired) electrons. The fraction of sp³-hybridized carbons (Fsp3) is 0.429. The number of hydrogen-bond donors (Lipinski definition) is 0. The van der Waals surface area contributed by atoms with Crippen LogP contribution < -0.4 is 0 Å². The first-order valence-electron chi connectivity index (χ1n) is 5.64. The minimum Gasteiger partial charge on any atom is -0.359 e. The summed E-state index contributed by atoms with van der Waals surface area (Å²) >= 11 is 0. The van der Waals surface area contributed by atoms with E-state index < -0.39 is 0 Å². The Morgan fingerprint density at radius 2 is 2.00 bits per heavy atom. The van der Waals surface area contributed by atoms with E-state index in [1.165, 1.54) is 5.56 Å².